The fraction of sp³-hybridized carbons (Fsp3) is 0.190. The largest absolute Gasteiger partial charge is 0.465 e. The van der Waals surface area contributed by atoms with Crippen molar-refractivity contribution in [2.75, 3.05) is 12.4 Å². The zero-order valence-electron chi connectivity index (χ0n) is 15.8. The van der Waals surface area contributed by atoms with Gasteiger partial charge in [-0.2, -0.15) is 0 Å². The maximum absolute atomic E-state index is 13.1. The van der Waals surface area contributed by atoms with Gasteiger partial charge in [-0.3, -0.25) is 4.79 Å². The zero-order valence-corrected chi connectivity index (χ0v) is 16.6. The topological polar surface area (TPSA) is 79.5 Å². The molecule has 6 nitrogen and oxygen atoms in total. The molecule has 0 saturated heterocycles. The van der Waals surface area contributed by atoms with E-state index in [1.54, 1.807) is 31.2 Å². The number of carbonyl (C=O) groups excluding carboxylic acids is 2. The van der Waals surface area contributed by atoms with E-state index in [0.29, 0.717) is 33.2 Å². The maximum Gasteiger partial charge on any atom is 0.338 e. The van der Waals surface area contributed by atoms with Crippen LogP contribution in [-0.2, 0) is 9.53 Å². The van der Waals surface area contributed by atoms with Crippen molar-refractivity contribution in [2.24, 2.45) is 0 Å². The standard InChI is InChI=1S/C21H21N3O3S/c1-12-8-10-14(11-9-12)23-19(25)17-13(2)22-21(28)24-18(17)15-6-4-5-7-16(15)20(26)27-3/h4-11,18H,1-3H3,(H,23,25)(H2,22,24,28)/t18-/m0/s1. The summed E-state index contributed by atoms with van der Waals surface area (Å²) in [6.07, 6.45) is 0. The van der Waals surface area contributed by atoms with E-state index >= 15 is 0 Å². The molecular formula is C21H21N3O3S. The molecular weight excluding hydrogens is 374 g/mol. The lowest BCUT2D eigenvalue weighted by Gasteiger charge is -2.31. The Balaban J connectivity index is 2.01. The van der Waals surface area contributed by atoms with Crippen molar-refractivity contribution >= 4 is 34.9 Å². The number of amides is 1. The van der Waals surface area contributed by atoms with Crippen LogP contribution >= 0.6 is 12.2 Å². The Morgan fingerprint density at radius 3 is 2.43 bits per heavy atom. The van der Waals surface area contributed by atoms with E-state index in [4.69, 9.17) is 17.0 Å². The van der Waals surface area contributed by atoms with Gasteiger partial charge in [0, 0.05) is 11.4 Å². The van der Waals surface area contributed by atoms with Gasteiger partial charge in [0.25, 0.3) is 5.91 Å². The summed E-state index contributed by atoms with van der Waals surface area (Å²) in [4.78, 5) is 25.3. The second-order valence-electron chi connectivity index (χ2n) is 6.47. The Hall–Kier alpha value is -3.19. The van der Waals surface area contributed by atoms with E-state index < -0.39 is 12.0 Å². The molecule has 0 aromatic heterocycles. The van der Waals surface area contributed by atoms with Crippen LogP contribution in [0.3, 0.4) is 0 Å². The van der Waals surface area contributed by atoms with Crippen LogP contribution in [0.4, 0.5) is 5.69 Å². The van der Waals surface area contributed by atoms with Gasteiger partial charge in [0.1, 0.15) is 0 Å². The molecule has 0 bridgehead atoms. The van der Waals surface area contributed by atoms with E-state index in [9.17, 15) is 9.59 Å². The summed E-state index contributed by atoms with van der Waals surface area (Å²) < 4.78 is 4.89. The van der Waals surface area contributed by atoms with Crippen LogP contribution in [0, 0.1) is 6.92 Å². The van der Waals surface area contributed by atoms with Crippen molar-refractivity contribution in [3.8, 4) is 0 Å². The first-order valence-electron chi connectivity index (χ1n) is 8.74. The van der Waals surface area contributed by atoms with Gasteiger partial charge in [-0.25, -0.2) is 4.79 Å². The van der Waals surface area contributed by atoms with Gasteiger partial charge in [-0.05, 0) is 49.8 Å². The summed E-state index contributed by atoms with van der Waals surface area (Å²) in [5, 5.41) is 9.39. The number of allylic oxidation sites excluding steroid dienone is 1. The average Bonchev–Trinajstić information content (AvgIpc) is 2.68. The molecule has 3 N–H and O–H groups in total. The molecule has 1 aliphatic heterocycles. The predicted molar refractivity (Wildman–Crippen MR) is 112 cm³/mol. The van der Waals surface area contributed by atoms with Crippen LogP contribution in [0.15, 0.2) is 59.8 Å². The van der Waals surface area contributed by atoms with Crippen molar-refractivity contribution in [3.05, 3.63) is 76.5 Å². The Morgan fingerprint density at radius 1 is 1.07 bits per heavy atom. The number of thiocarbonyl (C=S) groups is 1. The van der Waals surface area contributed by atoms with Gasteiger partial charge in [0.05, 0.1) is 24.3 Å². The third-order valence-electron chi connectivity index (χ3n) is 4.50. The monoisotopic (exact) mass is 395 g/mol. The molecule has 1 aliphatic rings. The lowest BCUT2D eigenvalue weighted by Crippen LogP contribution is -2.46. The lowest BCUT2D eigenvalue weighted by atomic mass is 9.91. The van der Waals surface area contributed by atoms with Crippen LogP contribution in [0.5, 0.6) is 0 Å². The number of hydrogen-bond acceptors (Lipinski definition) is 4. The van der Waals surface area contributed by atoms with Crippen molar-refractivity contribution in [1.29, 1.82) is 0 Å². The molecule has 7 heteroatoms. The van der Waals surface area contributed by atoms with Gasteiger partial charge in [0.15, 0.2) is 5.11 Å². The van der Waals surface area contributed by atoms with Crippen LogP contribution in [0.1, 0.15) is 34.5 Å². The highest BCUT2D eigenvalue weighted by atomic mass is 32.1. The van der Waals surface area contributed by atoms with Crippen LogP contribution < -0.4 is 16.0 Å². The molecule has 0 aliphatic carbocycles. The van der Waals surface area contributed by atoms with Crippen molar-refractivity contribution < 1.29 is 14.3 Å². The fourth-order valence-electron chi connectivity index (χ4n) is 3.11. The molecule has 0 radical (unpaired) electrons. The first kappa shape index (κ1) is 19.6. The Kier molecular flexibility index (Phi) is 5.75. The summed E-state index contributed by atoms with van der Waals surface area (Å²) in [5.41, 5.74) is 3.85. The molecule has 0 saturated carbocycles. The fourth-order valence-corrected chi connectivity index (χ4v) is 3.38. The lowest BCUT2D eigenvalue weighted by molar-refractivity contribution is -0.113. The first-order valence-corrected chi connectivity index (χ1v) is 9.15. The maximum atomic E-state index is 13.1. The van der Waals surface area contributed by atoms with Crippen LogP contribution in [0.2, 0.25) is 0 Å². The average molecular weight is 395 g/mol. The van der Waals surface area contributed by atoms with Crippen LogP contribution in [0.25, 0.3) is 0 Å². The molecule has 0 unspecified atom stereocenters. The van der Waals surface area contributed by atoms with E-state index in [2.05, 4.69) is 16.0 Å². The number of anilines is 1. The summed E-state index contributed by atoms with van der Waals surface area (Å²) in [6, 6.07) is 13.9. The number of esters is 1. The number of methoxy groups -OCH3 is 1. The van der Waals surface area contributed by atoms with E-state index in [-0.39, 0.29) is 5.91 Å². The highest BCUT2D eigenvalue weighted by molar-refractivity contribution is 7.80. The molecule has 2 aromatic carbocycles. The van der Waals surface area contributed by atoms with E-state index in [0.717, 1.165) is 5.56 Å². The molecule has 1 atom stereocenters. The predicted octanol–water partition coefficient (Wildman–Crippen LogP) is 3.21. The highest BCUT2D eigenvalue weighted by Crippen LogP contribution is 2.30. The minimum Gasteiger partial charge on any atom is -0.465 e. The minimum absolute atomic E-state index is 0.284. The second-order valence-corrected chi connectivity index (χ2v) is 6.88. The molecule has 1 heterocycles. The van der Waals surface area contributed by atoms with Crippen molar-refractivity contribution in [3.63, 3.8) is 0 Å². The third-order valence-corrected chi connectivity index (χ3v) is 4.72. The Labute approximate surface area is 169 Å². The molecule has 1 amide bonds. The smallest absolute Gasteiger partial charge is 0.338 e. The third kappa shape index (κ3) is 4.04. The zero-order chi connectivity index (χ0) is 20.3. The van der Waals surface area contributed by atoms with E-state index in [1.165, 1.54) is 7.11 Å². The van der Waals surface area contributed by atoms with Gasteiger partial charge in [0.2, 0.25) is 0 Å². The number of ether oxygens (including phenoxy) is 1. The van der Waals surface area contributed by atoms with Crippen molar-refractivity contribution in [2.45, 2.75) is 19.9 Å². The van der Waals surface area contributed by atoms with Gasteiger partial charge < -0.3 is 20.7 Å². The molecule has 0 spiro atoms. The Morgan fingerprint density at radius 2 is 1.75 bits per heavy atom. The molecule has 3 rings (SSSR count). The summed E-state index contributed by atoms with van der Waals surface area (Å²) in [7, 11) is 1.33. The number of nitrogens with one attached hydrogen (secondary N) is 3. The summed E-state index contributed by atoms with van der Waals surface area (Å²) in [5.74, 6) is -0.758. The molecule has 144 valence electrons. The van der Waals surface area contributed by atoms with Crippen molar-refractivity contribution in [1.82, 2.24) is 10.6 Å². The number of benzene rings is 2. The SMILES string of the molecule is COC(=O)c1ccccc1[C@@H]1NC(=S)NC(C)=C1C(=O)Nc1ccc(C)cc1. The Bertz CT molecular complexity index is 967. The number of carbonyl (C=O) groups is 2. The van der Waals surface area contributed by atoms with Gasteiger partial charge >= 0.3 is 5.97 Å². The first-order chi connectivity index (χ1) is 13.4. The quantitative estimate of drug-likeness (QED) is 0.545. The molecule has 28 heavy (non-hydrogen) atoms. The molecule has 2 aromatic rings. The minimum atomic E-state index is -0.588. The normalized spacial score (nSPS) is 16.1. The number of hydrogen-bond donors (Lipinski definition) is 3. The summed E-state index contributed by atoms with van der Waals surface area (Å²) >= 11 is 5.28. The molecule has 0 fully saturated rings. The van der Waals surface area contributed by atoms with E-state index in [1.807, 2.05) is 31.2 Å². The van der Waals surface area contributed by atoms with Crippen LogP contribution in [-0.4, -0.2) is 24.1 Å². The number of rotatable bonds is 4. The number of aryl methyl sites for hydroxylation is 1. The van der Waals surface area contributed by atoms with Gasteiger partial charge in [-0.15, -0.1) is 0 Å². The highest BCUT2D eigenvalue weighted by Gasteiger charge is 2.32. The summed E-state index contributed by atoms with van der Waals surface area (Å²) in [6.45, 7) is 3.76. The second kappa shape index (κ2) is 8.22. The van der Waals surface area contributed by atoms with Gasteiger partial charge in [-0.1, -0.05) is 35.9 Å².